The van der Waals surface area contributed by atoms with Crippen LogP contribution in [0, 0.1) is 16.7 Å². The Bertz CT molecular complexity index is 786. The lowest BCUT2D eigenvalue weighted by Gasteiger charge is -2.35. The zero-order chi connectivity index (χ0) is 18.9. The van der Waals surface area contributed by atoms with Gasteiger partial charge in [0.05, 0.1) is 23.2 Å². The fourth-order valence-corrected chi connectivity index (χ4v) is 5.56. The van der Waals surface area contributed by atoms with E-state index in [-0.39, 0.29) is 28.8 Å². The molecular formula is C21H26N2O3. The molecule has 3 aliphatic rings. The number of hydrazine groups is 1. The van der Waals surface area contributed by atoms with E-state index < -0.39 is 11.5 Å². The van der Waals surface area contributed by atoms with E-state index in [9.17, 15) is 14.7 Å². The van der Waals surface area contributed by atoms with Gasteiger partial charge in [0.2, 0.25) is 0 Å². The Morgan fingerprint density at radius 2 is 1.96 bits per heavy atom. The SMILES string of the molecule is C=C(C(=O)N1C2CC3CCC2(C(=O)N1c1ccccc1)C3(C)C)[C@@H](C)O. The molecule has 5 heteroatoms. The number of carbonyl (C=O) groups is 2. The Morgan fingerprint density at radius 3 is 2.54 bits per heavy atom. The van der Waals surface area contributed by atoms with Crippen molar-refractivity contribution in [3.63, 3.8) is 0 Å². The summed E-state index contributed by atoms with van der Waals surface area (Å²) < 4.78 is 0. The highest BCUT2D eigenvalue weighted by atomic mass is 16.3. The first-order valence-electron chi connectivity index (χ1n) is 9.33. The van der Waals surface area contributed by atoms with Gasteiger partial charge in [-0.25, -0.2) is 10.0 Å². The number of aliphatic hydroxyl groups is 1. The Kier molecular flexibility index (Phi) is 3.61. The van der Waals surface area contributed by atoms with Crippen LogP contribution in [0.1, 0.15) is 40.0 Å². The fourth-order valence-electron chi connectivity index (χ4n) is 5.56. The lowest BCUT2D eigenvalue weighted by Crippen LogP contribution is -2.49. The number of para-hydroxylation sites is 1. The van der Waals surface area contributed by atoms with Gasteiger partial charge in [0.15, 0.2) is 0 Å². The molecule has 2 bridgehead atoms. The van der Waals surface area contributed by atoms with E-state index in [2.05, 4.69) is 20.4 Å². The predicted octanol–water partition coefficient (Wildman–Crippen LogP) is 2.91. The highest BCUT2D eigenvalue weighted by molar-refractivity contribution is 6.08. The molecule has 4 atom stereocenters. The zero-order valence-corrected chi connectivity index (χ0v) is 15.6. The molecule has 26 heavy (non-hydrogen) atoms. The molecule has 138 valence electrons. The Balaban J connectivity index is 1.86. The lowest BCUT2D eigenvalue weighted by atomic mass is 9.67. The van der Waals surface area contributed by atoms with Crippen molar-refractivity contribution in [2.45, 2.75) is 52.2 Å². The number of nitrogens with zero attached hydrogens (tertiary/aromatic N) is 2. The third kappa shape index (κ3) is 1.89. The van der Waals surface area contributed by atoms with Crippen LogP contribution in [0.3, 0.4) is 0 Å². The number of carbonyl (C=O) groups excluding carboxylic acids is 2. The van der Waals surface area contributed by atoms with Crippen molar-refractivity contribution in [3.8, 4) is 0 Å². The summed E-state index contributed by atoms with van der Waals surface area (Å²) in [5, 5.41) is 13.0. The molecule has 3 unspecified atom stereocenters. The first-order valence-corrected chi connectivity index (χ1v) is 9.33. The van der Waals surface area contributed by atoms with E-state index in [0.717, 1.165) is 19.3 Å². The second-order valence-corrected chi connectivity index (χ2v) is 8.48. The van der Waals surface area contributed by atoms with Crippen molar-refractivity contribution in [1.82, 2.24) is 5.01 Å². The third-order valence-corrected chi connectivity index (χ3v) is 7.21. The molecule has 4 rings (SSSR count). The van der Waals surface area contributed by atoms with Gasteiger partial charge < -0.3 is 5.11 Å². The van der Waals surface area contributed by atoms with E-state index >= 15 is 0 Å². The standard InChI is InChI=1S/C21H26N2O3/c1-13(14(2)24)18(25)23-17-12-15-10-11-21(17,20(15,3)4)19(26)22(23)16-8-6-5-7-9-16/h5-9,14-15,17,24H,1,10-12H2,2-4H3/t14-,15?,17?,21?/m1/s1. The minimum atomic E-state index is -0.946. The first kappa shape index (κ1) is 17.3. The summed E-state index contributed by atoms with van der Waals surface area (Å²) in [6.45, 7) is 9.66. The number of hydrogen-bond donors (Lipinski definition) is 1. The quantitative estimate of drug-likeness (QED) is 0.849. The average Bonchev–Trinajstić information content (AvgIpc) is 3.13. The molecule has 2 aliphatic carbocycles. The van der Waals surface area contributed by atoms with E-state index in [4.69, 9.17) is 0 Å². The summed E-state index contributed by atoms with van der Waals surface area (Å²) in [7, 11) is 0. The lowest BCUT2D eigenvalue weighted by molar-refractivity contribution is -0.132. The topological polar surface area (TPSA) is 60.9 Å². The Labute approximate surface area is 154 Å². The average molecular weight is 354 g/mol. The van der Waals surface area contributed by atoms with Crippen molar-refractivity contribution in [2.24, 2.45) is 16.7 Å². The van der Waals surface area contributed by atoms with E-state index in [0.29, 0.717) is 11.6 Å². The fraction of sp³-hybridized carbons (Fsp3) is 0.524. The maximum Gasteiger partial charge on any atom is 0.271 e. The van der Waals surface area contributed by atoms with Gasteiger partial charge in [-0.2, -0.15) is 0 Å². The molecule has 3 fully saturated rings. The van der Waals surface area contributed by atoms with Gasteiger partial charge in [-0.05, 0) is 49.7 Å². The van der Waals surface area contributed by atoms with Gasteiger partial charge in [-0.1, -0.05) is 38.6 Å². The molecule has 1 heterocycles. The van der Waals surface area contributed by atoms with Crippen LogP contribution in [0.15, 0.2) is 42.5 Å². The number of fused-ring (bicyclic) bond motifs is 1. The summed E-state index contributed by atoms with van der Waals surface area (Å²) in [6, 6.07) is 9.14. The molecule has 0 radical (unpaired) electrons. The molecule has 2 amide bonds. The minimum absolute atomic E-state index is 0.00504. The maximum atomic E-state index is 13.7. The number of aliphatic hydroxyl groups excluding tert-OH is 1. The smallest absolute Gasteiger partial charge is 0.271 e. The van der Waals surface area contributed by atoms with Crippen LogP contribution in [0.25, 0.3) is 0 Å². The van der Waals surface area contributed by atoms with Gasteiger partial charge in [0.25, 0.3) is 11.8 Å². The van der Waals surface area contributed by atoms with Gasteiger partial charge >= 0.3 is 0 Å². The van der Waals surface area contributed by atoms with Gasteiger partial charge in [0, 0.05) is 5.57 Å². The summed E-state index contributed by atoms with van der Waals surface area (Å²) in [5.74, 6) is 0.0809. The molecule has 1 aromatic carbocycles. The largest absolute Gasteiger partial charge is 0.389 e. The van der Waals surface area contributed by atoms with Gasteiger partial charge in [-0.3, -0.25) is 9.59 Å². The highest BCUT2D eigenvalue weighted by Gasteiger charge is 2.75. The molecule has 1 saturated heterocycles. The van der Waals surface area contributed by atoms with E-state index in [1.807, 2.05) is 30.3 Å². The van der Waals surface area contributed by atoms with Crippen LogP contribution in [0.5, 0.6) is 0 Å². The molecule has 5 nitrogen and oxygen atoms in total. The van der Waals surface area contributed by atoms with E-state index in [1.165, 1.54) is 6.92 Å². The van der Waals surface area contributed by atoms with Gasteiger partial charge in [0.1, 0.15) is 0 Å². The Morgan fingerprint density at radius 1 is 1.31 bits per heavy atom. The Hall–Kier alpha value is -2.14. The van der Waals surface area contributed by atoms with Crippen molar-refractivity contribution in [1.29, 1.82) is 0 Å². The van der Waals surface area contributed by atoms with Crippen molar-refractivity contribution in [3.05, 3.63) is 42.5 Å². The second kappa shape index (κ2) is 5.43. The van der Waals surface area contributed by atoms with Crippen LogP contribution in [0.4, 0.5) is 5.69 Å². The van der Waals surface area contributed by atoms with Crippen molar-refractivity contribution >= 4 is 17.5 Å². The maximum absolute atomic E-state index is 13.7. The molecule has 2 saturated carbocycles. The van der Waals surface area contributed by atoms with Crippen LogP contribution < -0.4 is 5.01 Å². The number of anilines is 1. The zero-order valence-electron chi connectivity index (χ0n) is 15.6. The molecule has 0 aromatic heterocycles. The predicted molar refractivity (Wildman–Crippen MR) is 98.9 cm³/mol. The van der Waals surface area contributed by atoms with Crippen molar-refractivity contribution in [2.75, 3.05) is 5.01 Å². The van der Waals surface area contributed by atoms with Crippen LogP contribution in [-0.2, 0) is 9.59 Å². The summed E-state index contributed by atoms with van der Waals surface area (Å²) in [5.41, 5.74) is 0.106. The van der Waals surface area contributed by atoms with Crippen LogP contribution >= 0.6 is 0 Å². The molecule has 1 aromatic rings. The molecular weight excluding hydrogens is 328 g/mol. The number of rotatable bonds is 3. The number of amides is 2. The second-order valence-electron chi connectivity index (χ2n) is 8.48. The summed E-state index contributed by atoms with van der Waals surface area (Å²) in [6.07, 6.45) is 1.71. The van der Waals surface area contributed by atoms with Gasteiger partial charge in [-0.15, -0.1) is 0 Å². The van der Waals surface area contributed by atoms with Crippen molar-refractivity contribution < 1.29 is 14.7 Å². The summed E-state index contributed by atoms with van der Waals surface area (Å²) >= 11 is 0. The summed E-state index contributed by atoms with van der Waals surface area (Å²) in [4.78, 5) is 26.9. The number of benzene rings is 1. The normalized spacial score (nSPS) is 32.7. The van der Waals surface area contributed by atoms with Crippen LogP contribution in [-0.4, -0.2) is 34.1 Å². The molecule has 1 N–H and O–H groups in total. The minimum Gasteiger partial charge on any atom is -0.389 e. The van der Waals surface area contributed by atoms with E-state index in [1.54, 1.807) is 10.0 Å². The van der Waals surface area contributed by atoms with Crippen LogP contribution in [0.2, 0.25) is 0 Å². The molecule has 1 aliphatic heterocycles. The third-order valence-electron chi connectivity index (χ3n) is 7.21. The first-order chi connectivity index (χ1) is 12.2. The monoisotopic (exact) mass is 354 g/mol. The molecule has 1 spiro atoms. The highest BCUT2D eigenvalue weighted by Crippen LogP contribution is 2.70. The number of hydrogen-bond acceptors (Lipinski definition) is 3.